The highest BCUT2D eigenvalue weighted by Crippen LogP contribution is 2.03. The minimum absolute atomic E-state index is 0.460. The van der Waals surface area contributed by atoms with Gasteiger partial charge in [0.05, 0.1) is 31.2 Å². The Balaban J connectivity index is 1.75. The van der Waals surface area contributed by atoms with Crippen LogP contribution in [0, 0.1) is 13.8 Å². The maximum absolute atomic E-state index is 9.91. The summed E-state index contributed by atoms with van der Waals surface area (Å²) in [4.78, 5) is 0. The Morgan fingerprint density at radius 3 is 2.94 bits per heavy atom. The maximum atomic E-state index is 9.91. The SMILES string of the molecule is Cc1cc(C)n(CC(O)CNCc2ccco2)n1. The first-order valence-electron chi connectivity index (χ1n) is 6.07. The Bertz CT molecular complexity index is 476. The van der Waals surface area contributed by atoms with Gasteiger partial charge in [-0.3, -0.25) is 4.68 Å². The summed E-state index contributed by atoms with van der Waals surface area (Å²) in [6.07, 6.45) is 1.18. The van der Waals surface area contributed by atoms with Crippen molar-refractivity contribution in [1.29, 1.82) is 0 Å². The fraction of sp³-hybridized carbons (Fsp3) is 0.462. The third-order valence-electron chi connectivity index (χ3n) is 2.75. The van der Waals surface area contributed by atoms with Gasteiger partial charge in [-0.1, -0.05) is 0 Å². The molecule has 18 heavy (non-hydrogen) atoms. The molecule has 1 atom stereocenters. The van der Waals surface area contributed by atoms with E-state index in [1.54, 1.807) is 6.26 Å². The van der Waals surface area contributed by atoms with Crippen LogP contribution in [-0.4, -0.2) is 27.5 Å². The van der Waals surface area contributed by atoms with Gasteiger partial charge in [0.2, 0.25) is 0 Å². The van der Waals surface area contributed by atoms with Crippen molar-refractivity contribution in [1.82, 2.24) is 15.1 Å². The summed E-state index contributed by atoms with van der Waals surface area (Å²) in [7, 11) is 0. The van der Waals surface area contributed by atoms with Crippen molar-refractivity contribution in [2.75, 3.05) is 6.54 Å². The molecule has 2 aromatic heterocycles. The zero-order valence-electron chi connectivity index (χ0n) is 10.8. The Kier molecular flexibility index (Phi) is 4.17. The zero-order chi connectivity index (χ0) is 13.0. The van der Waals surface area contributed by atoms with Crippen molar-refractivity contribution in [3.8, 4) is 0 Å². The number of aromatic nitrogens is 2. The van der Waals surface area contributed by atoms with Crippen molar-refractivity contribution >= 4 is 0 Å². The lowest BCUT2D eigenvalue weighted by molar-refractivity contribution is 0.145. The largest absolute Gasteiger partial charge is 0.468 e. The first kappa shape index (κ1) is 12.9. The Labute approximate surface area is 106 Å². The van der Waals surface area contributed by atoms with E-state index in [4.69, 9.17) is 4.42 Å². The number of nitrogens with zero attached hydrogens (tertiary/aromatic N) is 2. The van der Waals surface area contributed by atoms with Gasteiger partial charge in [-0.25, -0.2) is 0 Å². The molecule has 5 nitrogen and oxygen atoms in total. The molecule has 0 spiro atoms. The molecule has 2 N–H and O–H groups in total. The minimum Gasteiger partial charge on any atom is -0.468 e. The number of aliphatic hydroxyl groups is 1. The van der Waals surface area contributed by atoms with Crippen LogP contribution in [0.4, 0.5) is 0 Å². The Morgan fingerprint density at radius 2 is 2.33 bits per heavy atom. The van der Waals surface area contributed by atoms with Crippen LogP contribution in [0.2, 0.25) is 0 Å². The second kappa shape index (κ2) is 5.84. The molecule has 0 aliphatic rings. The van der Waals surface area contributed by atoms with Crippen molar-refractivity contribution in [2.45, 2.75) is 33.0 Å². The van der Waals surface area contributed by atoms with Crippen LogP contribution in [0.1, 0.15) is 17.1 Å². The fourth-order valence-electron chi connectivity index (χ4n) is 1.90. The molecule has 1 unspecified atom stereocenters. The molecule has 0 aromatic carbocycles. The zero-order valence-corrected chi connectivity index (χ0v) is 10.8. The lowest BCUT2D eigenvalue weighted by Gasteiger charge is -2.12. The molecule has 2 heterocycles. The van der Waals surface area contributed by atoms with Crippen molar-refractivity contribution in [3.63, 3.8) is 0 Å². The Hall–Kier alpha value is -1.59. The summed E-state index contributed by atoms with van der Waals surface area (Å²) in [5.41, 5.74) is 2.04. The predicted octanol–water partition coefficient (Wildman–Crippen LogP) is 1.24. The molecule has 0 bridgehead atoms. The monoisotopic (exact) mass is 249 g/mol. The molecule has 2 aromatic rings. The molecular weight excluding hydrogens is 230 g/mol. The number of hydrogen-bond donors (Lipinski definition) is 2. The molecule has 0 aliphatic carbocycles. The van der Waals surface area contributed by atoms with Gasteiger partial charge in [0, 0.05) is 12.2 Å². The Morgan fingerprint density at radius 1 is 1.50 bits per heavy atom. The van der Waals surface area contributed by atoms with E-state index in [1.165, 1.54) is 0 Å². The first-order valence-corrected chi connectivity index (χ1v) is 6.07. The average molecular weight is 249 g/mol. The highest BCUT2D eigenvalue weighted by atomic mass is 16.3. The lowest BCUT2D eigenvalue weighted by atomic mass is 10.3. The summed E-state index contributed by atoms with van der Waals surface area (Å²) in [5, 5.41) is 17.4. The molecule has 0 aliphatic heterocycles. The van der Waals surface area contributed by atoms with Crippen LogP contribution >= 0.6 is 0 Å². The molecule has 2 rings (SSSR count). The highest BCUT2D eigenvalue weighted by Gasteiger charge is 2.08. The highest BCUT2D eigenvalue weighted by molar-refractivity contribution is 5.06. The maximum Gasteiger partial charge on any atom is 0.117 e. The molecule has 5 heteroatoms. The quantitative estimate of drug-likeness (QED) is 0.808. The standard InChI is InChI=1S/C13H19N3O2/c1-10-6-11(2)16(15-10)9-12(17)7-14-8-13-4-3-5-18-13/h3-6,12,14,17H,7-9H2,1-2H3. The third-order valence-corrected chi connectivity index (χ3v) is 2.75. The van der Waals surface area contributed by atoms with Crippen LogP contribution in [0.5, 0.6) is 0 Å². The summed E-state index contributed by atoms with van der Waals surface area (Å²) in [6.45, 7) is 5.58. The number of hydrogen-bond acceptors (Lipinski definition) is 4. The molecule has 0 saturated carbocycles. The van der Waals surface area contributed by atoms with Crippen molar-refractivity contribution in [2.24, 2.45) is 0 Å². The van der Waals surface area contributed by atoms with Crippen LogP contribution < -0.4 is 5.32 Å². The van der Waals surface area contributed by atoms with Crippen LogP contribution in [0.25, 0.3) is 0 Å². The van der Waals surface area contributed by atoms with E-state index in [-0.39, 0.29) is 0 Å². The van der Waals surface area contributed by atoms with Crippen LogP contribution in [-0.2, 0) is 13.1 Å². The normalized spacial score (nSPS) is 12.8. The van der Waals surface area contributed by atoms with E-state index in [2.05, 4.69) is 10.4 Å². The lowest BCUT2D eigenvalue weighted by Crippen LogP contribution is -2.30. The molecule has 98 valence electrons. The summed E-state index contributed by atoms with van der Waals surface area (Å²) >= 11 is 0. The van der Waals surface area contributed by atoms with Crippen molar-refractivity contribution < 1.29 is 9.52 Å². The minimum atomic E-state index is -0.460. The van der Waals surface area contributed by atoms with E-state index in [9.17, 15) is 5.11 Å². The van der Waals surface area contributed by atoms with Gasteiger partial charge in [-0.15, -0.1) is 0 Å². The number of furan rings is 1. The molecule has 0 radical (unpaired) electrons. The average Bonchev–Trinajstić information content (AvgIpc) is 2.90. The van der Waals surface area contributed by atoms with E-state index < -0.39 is 6.10 Å². The van der Waals surface area contributed by atoms with E-state index in [0.29, 0.717) is 19.6 Å². The molecular formula is C13H19N3O2. The molecule has 0 amide bonds. The van der Waals surface area contributed by atoms with Gasteiger partial charge in [0.15, 0.2) is 0 Å². The van der Waals surface area contributed by atoms with Crippen LogP contribution in [0.3, 0.4) is 0 Å². The molecule has 0 saturated heterocycles. The van der Waals surface area contributed by atoms with Gasteiger partial charge in [0.1, 0.15) is 5.76 Å². The van der Waals surface area contributed by atoms with Gasteiger partial charge in [-0.05, 0) is 32.0 Å². The smallest absolute Gasteiger partial charge is 0.117 e. The number of rotatable bonds is 6. The number of nitrogens with one attached hydrogen (secondary N) is 1. The molecule has 0 fully saturated rings. The van der Waals surface area contributed by atoms with Gasteiger partial charge >= 0.3 is 0 Å². The van der Waals surface area contributed by atoms with Gasteiger partial charge in [-0.2, -0.15) is 5.10 Å². The number of aryl methyl sites for hydroxylation is 2. The topological polar surface area (TPSA) is 63.2 Å². The van der Waals surface area contributed by atoms with Crippen LogP contribution in [0.15, 0.2) is 28.9 Å². The second-order valence-electron chi connectivity index (χ2n) is 4.47. The van der Waals surface area contributed by atoms with Gasteiger partial charge in [0.25, 0.3) is 0 Å². The number of aliphatic hydroxyl groups excluding tert-OH is 1. The summed E-state index contributed by atoms with van der Waals surface area (Å²) < 4.78 is 7.02. The predicted molar refractivity (Wildman–Crippen MR) is 68.1 cm³/mol. The summed E-state index contributed by atoms with van der Waals surface area (Å²) in [6, 6.07) is 5.76. The summed E-state index contributed by atoms with van der Waals surface area (Å²) in [5.74, 6) is 0.869. The first-order chi connectivity index (χ1) is 8.65. The third kappa shape index (κ3) is 3.45. The van der Waals surface area contributed by atoms with E-state index in [0.717, 1.165) is 17.1 Å². The fourth-order valence-corrected chi connectivity index (χ4v) is 1.90. The van der Waals surface area contributed by atoms with Crippen molar-refractivity contribution in [3.05, 3.63) is 41.6 Å². The van der Waals surface area contributed by atoms with Gasteiger partial charge < -0.3 is 14.8 Å². The second-order valence-corrected chi connectivity index (χ2v) is 4.47. The van der Waals surface area contributed by atoms with E-state index in [1.807, 2.05) is 36.7 Å². The van der Waals surface area contributed by atoms with E-state index >= 15 is 0 Å².